The van der Waals surface area contributed by atoms with Crippen LogP contribution >= 0.6 is 12.4 Å². The smallest absolute Gasteiger partial charge is 0.239 e. The molecule has 1 aromatic carbocycles. The van der Waals surface area contributed by atoms with E-state index >= 15 is 0 Å². The first-order valence-corrected chi connectivity index (χ1v) is 8.24. The Morgan fingerprint density at radius 2 is 1.75 bits per heavy atom. The molecule has 1 aliphatic heterocycles. The second kappa shape index (κ2) is 11.8. The summed E-state index contributed by atoms with van der Waals surface area (Å²) in [6.07, 6.45) is 1.24. The van der Waals surface area contributed by atoms with E-state index in [1.807, 2.05) is 30.3 Å². The third-order valence-electron chi connectivity index (χ3n) is 3.84. The van der Waals surface area contributed by atoms with E-state index in [2.05, 4.69) is 20.9 Å². The first-order valence-electron chi connectivity index (χ1n) is 8.24. The van der Waals surface area contributed by atoms with Crippen molar-refractivity contribution in [1.82, 2.24) is 20.9 Å². The molecule has 0 atom stereocenters. The van der Waals surface area contributed by atoms with Gasteiger partial charge in [0.15, 0.2) is 0 Å². The Bertz CT molecular complexity index is 493. The van der Waals surface area contributed by atoms with Crippen molar-refractivity contribution in [2.24, 2.45) is 0 Å². The van der Waals surface area contributed by atoms with E-state index in [4.69, 9.17) is 0 Å². The molecule has 0 aromatic heterocycles. The predicted octanol–water partition coefficient (Wildman–Crippen LogP) is 0.179. The first-order chi connectivity index (χ1) is 11.2. The maximum atomic E-state index is 11.7. The third kappa shape index (κ3) is 8.29. The van der Waals surface area contributed by atoms with Crippen molar-refractivity contribution in [3.05, 3.63) is 35.9 Å². The molecule has 0 bridgehead atoms. The summed E-state index contributed by atoms with van der Waals surface area (Å²) in [6, 6.07) is 9.50. The van der Waals surface area contributed by atoms with Gasteiger partial charge in [-0.1, -0.05) is 30.3 Å². The van der Waals surface area contributed by atoms with Crippen molar-refractivity contribution in [1.29, 1.82) is 0 Å². The number of rotatable bonds is 8. The van der Waals surface area contributed by atoms with E-state index < -0.39 is 0 Å². The van der Waals surface area contributed by atoms with Crippen LogP contribution in [0, 0.1) is 0 Å². The first kappa shape index (κ1) is 20.4. The Hall–Kier alpha value is -1.63. The van der Waals surface area contributed by atoms with Gasteiger partial charge in [-0.05, 0) is 18.5 Å². The zero-order valence-electron chi connectivity index (χ0n) is 13.9. The Balaban J connectivity index is 0.00000288. The molecule has 0 spiro atoms. The monoisotopic (exact) mass is 354 g/mol. The van der Waals surface area contributed by atoms with Crippen molar-refractivity contribution in [2.45, 2.75) is 12.8 Å². The second-order valence-electron chi connectivity index (χ2n) is 5.73. The number of piperazine rings is 1. The van der Waals surface area contributed by atoms with Crippen LogP contribution < -0.4 is 16.0 Å². The Labute approximate surface area is 149 Å². The van der Waals surface area contributed by atoms with Crippen LogP contribution in [0.15, 0.2) is 30.3 Å². The fourth-order valence-corrected chi connectivity index (χ4v) is 2.55. The van der Waals surface area contributed by atoms with Gasteiger partial charge in [-0.25, -0.2) is 0 Å². The van der Waals surface area contributed by atoms with Crippen molar-refractivity contribution in [3.63, 3.8) is 0 Å². The number of benzene rings is 1. The van der Waals surface area contributed by atoms with Gasteiger partial charge in [-0.2, -0.15) is 0 Å². The van der Waals surface area contributed by atoms with E-state index in [-0.39, 0.29) is 30.8 Å². The van der Waals surface area contributed by atoms with E-state index in [1.165, 1.54) is 0 Å². The van der Waals surface area contributed by atoms with Gasteiger partial charge in [-0.3, -0.25) is 9.59 Å². The number of amides is 2. The highest BCUT2D eigenvalue weighted by molar-refractivity contribution is 5.85. The number of hydrogen-bond donors (Lipinski definition) is 3. The van der Waals surface area contributed by atoms with Gasteiger partial charge in [0.25, 0.3) is 0 Å². The Morgan fingerprint density at radius 1 is 1.04 bits per heavy atom. The highest BCUT2D eigenvalue weighted by atomic mass is 35.5. The minimum Gasteiger partial charge on any atom is -0.355 e. The molecule has 0 aliphatic carbocycles. The zero-order valence-corrected chi connectivity index (χ0v) is 14.7. The summed E-state index contributed by atoms with van der Waals surface area (Å²) < 4.78 is 0. The summed E-state index contributed by atoms with van der Waals surface area (Å²) in [5.74, 6) is -0.265. The lowest BCUT2D eigenvalue weighted by molar-refractivity contribution is -0.125. The molecule has 3 N–H and O–H groups in total. The van der Waals surface area contributed by atoms with Gasteiger partial charge in [0.05, 0.1) is 13.0 Å². The van der Waals surface area contributed by atoms with Crippen LogP contribution in [0.4, 0.5) is 0 Å². The second-order valence-corrected chi connectivity index (χ2v) is 5.73. The quantitative estimate of drug-likeness (QED) is 0.582. The van der Waals surface area contributed by atoms with Crippen LogP contribution in [0.5, 0.6) is 0 Å². The maximum absolute atomic E-state index is 11.7. The SMILES string of the molecule is Cl.O=C(CNC(=O)Cc1ccccc1)NCCCN1CCNCC1. The molecular formula is C17H27ClN4O2. The highest BCUT2D eigenvalue weighted by Crippen LogP contribution is 1.98. The topological polar surface area (TPSA) is 73.5 Å². The minimum absolute atomic E-state index is 0. The zero-order chi connectivity index (χ0) is 16.3. The van der Waals surface area contributed by atoms with Gasteiger partial charge in [0, 0.05) is 32.7 Å². The largest absolute Gasteiger partial charge is 0.355 e. The van der Waals surface area contributed by atoms with E-state index in [1.54, 1.807) is 0 Å². The van der Waals surface area contributed by atoms with Crippen LogP contribution in [0.25, 0.3) is 0 Å². The van der Waals surface area contributed by atoms with Crippen LogP contribution in [0.1, 0.15) is 12.0 Å². The summed E-state index contributed by atoms with van der Waals surface area (Å²) in [4.78, 5) is 25.8. The van der Waals surface area contributed by atoms with Gasteiger partial charge in [0.1, 0.15) is 0 Å². The number of carbonyl (C=O) groups is 2. The fourth-order valence-electron chi connectivity index (χ4n) is 2.55. The molecule has 1 heterocycles. The van der Waals surface area contributed by atoms with Crippen LogP contribution in [0.2, 0.25) is 0 Å². The Morgan fingerprint density at radius 3 is 2.46 bits per heavy atom. The summed E-state index contributed by atoms with van der Waals surface area (Å²) in [5.41, 5.74) is 0.946. The number of hydrogen-bond acceptors (Lipinski definition) is 4. The molecular weight excluding hydrogens is 328 g/mol. The van der Waals surface area contributed by atoms with Gasteiger partial charge in [-0.15, -0.1) is 12.4 Å². The standard InChI is InChI=1S/C17H26N4O2.ClH/c22-16(13-15-5-2-1-3-6-15)20-14-17(23)19-7-4-10-21-11-8-18-9-12-21;/h1-3,5-6,18H,4,7-14H2,(H,19,23)(H,20,22);1H. The molecule has 7 heteroatoms. The molecule has 1 saturated heterocycles. The van der Waals surface area contributed by atoms with Crippen molar-refractivity contribution < 1.29 is 9.59 Å². The molecule has 0 radical (unpaired) electrons. The molecule has 134 valence electrons. The number of nitrogens with zero attached hydrogens (tertiary/aromatic N) is 1. The summed E-state index contributed by atoms with van der Waals surface area (Å²) in [5, 5.41) is 8.81. The fraction of sp³-hybridized carbons (Fsp3) is 0.529. The van der Waals surface area contributed by atoms with Crippen molar-refractivity contribution in [2.75, 3.05) is 45.8 Å². The molecule has 0 unspecified atom stereocenters. The lowest BCUT2D eigenvalue weighted by Crippen LogP contribution is -2.44. The van der Waals surface area contributed by atoms with E-state index in [9.17, 15) is 9.59 Å². The molecule has 1 aromatic rings. The van der Waals surface area contributed by atoms with Gasteiger partial charge < -0.3 is 20.9 Å². The van der Waals surface area contributed by atoms with Crippen LogP contribution in [-0.2, 0) is 16.0 Å². The Kier molecular flexibility index (Phi) is 10.1. The molecule has 1 aliphatic rings. The van der Waals surface area contributed by atoms with Crippen molar-refractivity contribution in [3.8, 4) is 0 Å². The molecule has 24 heavy (non-hydrogen) atoms. The summed E-state index contributed by atoms with van der Waals surface area (Å²) in [6.45, 7) is 5.92. The minimum atomic E-state index is -0.133. The molecule has 2 amide bonds. The predicted molar refractivity (Wildman–Crippen MR) is 97.3 cm³/mol. The van der Waals surface area contributed by atoms with E-state index in [0.717, 1.165) is 44.7 Å². The lowest BCUT2D eigenvalue weighted by atomic mass is 10.1. The third-order valence-corrected chi connectivity index (χ3v) is 3.84. The van der Waals surface area contributed by atoms with Gasteiger partial charge >= 0.3 is 0 Å². The highest BCUT2D eigenvalue weighted by Gasteiger charge is 2.09. The molecule has 1 fully saturated rings. The summed E-state index contributed by atoms with van der Waals surface area (Å²) in [7, 11) is 0. The van der Waals surface area contributed by atoms with Crippen LogP contribution in [-0.4, -0.2) is 62.5 Å². The molecule has 0 saturated carbocycles. The number of nitrogens with one attached hydrogen (secondary N) is 3. The normalized spacial score (nSPS) is 14.5. The molecule has 2 rings (SSSR count). The summed E-state index contributed by atoms with van der Waals surface area (Å²) >= 11 is 0. The van der Waals surface area contributed by atoms with Gasteiger partial charge in [0.2, 0.25) is 11.8 Å². The van der Waals surface area contributed by atoms with Crippen LogP contribution in [0.3, 0.4) is 0 Å². The maximum Gasteiger partial charge on any atom is 0.239 e. The van der Waals surface area contributed by atoms with E-state index in [0.29, 0.717) is 13.0 Å². The molecule has 6 nitrogen and oxygen atoms in total. The van der Waals surface area contributed by atoms with Crippen molar-refractivity contribution >= 4 is 24.2 Å². The average Bonchev–Trinajstić information content (AvgIpc) is 2.59. The number of carbonyl (C=O) groups excluding carboxylic acids is 2. The number of halogens is 1. The lowest BCUT2D eigenvalue weighted by Gasteiger charge is -2.27. The average molecular weight is 355 g/mol.